The third kappa shape index (κ3) is 8.83. The second-order valence-electron chi connectivity index (χ2n) is 16.3. The zero-order chi connectivity index (χ0) is 39.8. The molecule has 1 saturated heterocycles. The SMILES string of the molecule is CC[C@@H](CCCCNC(=O)[C@H](CCCCC(=O)C(CCCCN=C(N)N)NC)NC)C(=O)OC1=CC[C@@]2(C)[C@H]3Cc4ccc(OC)c5c4[C@@]2(CCN3C)[C@H]1O5. The third-order valence-corrected chi connectivity index (χ3v) is 13.2. The highest BCUT2D eigenvalue weighted by Crippen LogP contribution is 2.68. The van der Waals surface area contributed by atoms with Gasteiger partial charge in [0.25, 0.3) is 0 Å². The average Bonchev–Trinajstić information content (AvgIpc) is 3.53. The molecular formula is C42H67N7O6. The molecule has 0 radical (unpaired) electrons. The zero-order valence-corrected chi connectivity index (χ0v) is 34.1. The van der Waals surface area contributed by atoms with Crippen molar-refractivity contribution < 1.29 is 28.6 Å². The van der Waals surface area contributed by atoms with E-state index < -0.39 is 0 Å². The quantitative estimate of drug-likeness (QED) is 0.0473. The lowest BCUT2D eigenvalue weighted by Crippen LogP contribution is -2.69. The number of piperidine rings is 1. The molecule has 7 N–H and O–H groups in total. The maximum atomic E-state index is 13.7. The highest BCUT2D eigenvalue weighted by molar-refractivity contribution is 5.84. The molecule has 0 aromatic heterocycles. The summed E-state index contributed by atoms with van der Waals surface area (Å²) in [5.74, 6) is 1.99. The maximum Gasteiger partial charge on any atom is 0.314 e. The lowest BCUT2D eigenvalue weighted by molar-refractivity contribution is -0.150. The molecule has 1 aromatic rings. The van der Waals surface area contributed by atoms with E-state index in [1.807, 2.05) is 20.0 Å². The van der Waals surface area contributed by atoms with Crippen LogP contribution in [0, 0.1) is 11.3 Å². The van der Waals surface area contributed by atoms with Gasteiger partial charge in [-0.25, -0.2) is 0 Å². The van der Waals surface area contributed by atoms with Gasteiger partial charge in [-0.15, -0.1) is 0 Å². The van der Waals surface area contributed by atoms with Crippen LogP contribution in [0.3, 0.4) is 0 Å². The first-order valence-corrected chi connectivity index (χ1v) is 20.6. The fourth-order valence-corrected chi connectivity index (χ4v) is 9.93. The number of rotatable bonds is 23. The minimum atomic E-state index is -0.367. The highest BCUT2D eigenvalue weighted by Gasteiger charge is 2.70. The summed E-state index contributed by atoms with van der Waals surface area (Å²) in [4.78, 5) is 45.9. The first-order chi connectivity index (χ1) is 26.4. The number of hydrogen-bond donors (Lipinski definition) is 5. The molecule has 5 rings (SSSR count). The lowest BCUT2D eigenvalue weighted by Gasteiger charge is -2.63. The Bertz CT molecular complexity index is 1580. The number of unbranched alkanes of at least 4 members (excludes halogenated alkanes) is 3. The van der Waals surface area contributed by atoms with Crippen LogP contribution in [0.2, 0.25) is 0 Å². The van der Waals surface area contributed by atoms with Crippen molar-refractivity contribution in [1.82, 2.24) is 20.9 Å². The summed E-state index contributed by atoms with van der Waals surface area (Å²) in [6.45, 7) is 6.49. The van der Waals surface area contributed by atoms with E-state index in [0.29, 0.717) is 50.6 Å². The number of ether oxygens (including phenoxy) is 3. The van der Waals surface area contributed by atoms with Gasteiger partial charge >= 0.3 is 5.97 Å². The number of hydrogen-bond acceptors (Lipinski definition) is 10. The van der Waals surface area contributed by atoms with Crippen molar-refractivity contribution in [3.8, 4) is 11.5 Å². The van der Waals surface area contributed by atoms with Gasteiger partial charge in [-0.1, -0.05) is 32.8 Å². The van der Waals surface area contributed by atoms with Crippen LogP contribution >= 0.6 is 0 Å². The molecule has 4 aliphatic rings. The smallest absolute Gasteiger partial charge is 0.314 e. The van der Waals surface area contributed by atoms with Crippen LogP contribution in [-0.4, -0.2) is 101 Å². The Balaban J connectivity index is 1.05. The van der Waals surface area contributed by atoms with Crippen LogP contribution in [-0.2, 0) is 31.0 Å². The number of Topliss-reactive ketones (excluding diaryl/α,β-unsaturated/α-hetero) is 1. The number of nitrogens with one attached hydrogen (secondary N) is 3. The molecular weight excluding hydrogens is 699 g/mol. The van der Waals surface area contributed by atoms with Gasteiger partial charge in [-0.3, -0.25) is 19.4 Å². The molecule has 1 spiro atoms. The van der Waals surface area contributed by atoms with E-state index in [1.165, 1.54) is 11.1 Å². The summed E-state index contributed by atoms with van der Waals surface area (Å²) in [6, 6.07) is 4.08. The lowest BCUT2D eigenvalue weighted by atomic mass is 9.45. The van der Waals surface area contributed by atoms with E-state index in [2.05, 4.69) is 52.0 Å². The van der Waals surface area contributed by atoms with Crippen LogP contribution < -0.4 is 36.9 Å². The van der Waals surface area contributed by atoms with E-state index in [1.54, 1.807) is 14.2 Å². The highest BCUT2D eigenvalue weighted by atomic mass is 16.6. The summed E-state index contributed by atoms with van der Waals surface area (Å²) < 4.78 is 18.9. The number of likely N-dealkylation sites (N-methyl/N-ethyl adjacent to an activating group) is 3. The van der Waals surface area contributed by atoms with Crippen molar-refractivity contribution in [2.45, 2.75) is 133 Å². The first-order valence-electron chi connectivity index (χ1n) is 20.6. The van der Waals surface area contributed by atoms with Crippen LogP contribution in [0.15, 0.2) is 29.0 Å². The summed E-state index contributed by atoms with van der Waals surface area (Å²) in [5, 5.41) is 9.32. The Kier molecular flexibility index (Phi) is 14.6. The molecule has 2 heterocycles. The molecule has 2 aliphatic carbocycles. The number of aliphatic imine (C=N–C) groups is 1. The molecule has 0 saturated carbocycles. The maximum absolute atomic E-state index is 13.7. The summed E-state index contributed by atoms with van der Waals surface area (Å²) in [7, 11) is 7.52. The van der Waals surface area contributed by atoms with E-state index >= 15 is 0 Å². The topological polar surface area (TPSA) is 183 Å². The normalized spacial score (nSPS) is 25.1. The van der Waals surface area contributed by atoms with Crippen molar-refractivity contribution in [3.63, 3.8) is 0 Å². The number of benzene rings is 1. The second kappa shape index (κ2) is 19.0. The van der Waals surface area contributed by atoms with Gasteiger partial charge in [-0.05, 0) is 116 Å². The number of guanidine groups is 1. The van der Waals surface area contributed by atoms with Gasteiger partial charge in [0, 0.05) is 36.5 Å². The predicted molar refractivity (Wildman–Crippen MR) is 215 cm³/mol. The number of amides is 1. The molecule has 1 aromatic carbocycles. The number of carbonyl (C=O) groups excluding carboxylic acids is 3. The molecule has 1 amide bonds. The number of allylic oxidation sites excluding steroid dienone is 1. The van der Waals surface area contributed by atoms with Gasteiger partial charge in [-0.2, -0.15) is 0 Å². The molecule has 13 heteroatoms. The molecule has 1 unspecified atom stereocenters. The fourth-order valence-electron chi connectivity index (χ4n) is 9.93. The standard InChI is InChI=1S/C42H67N7O6/c1-7-27(14-10-12-23-47-38(51)30(46-4)16-8-9-17-31(50)29(45-3)15-11-13-24-48-40(43)44)39(52)54-33-20-21-41(2)34-26-28-18-19-32(53-6)36-35(28)42(41,37(33)55-36)22-25-49(34)5/h18-20,27,29-30,34,37,45-46H,7-17,21-26H2,1-6H3,(H,47,51)(H4,43,44,48)/t27-,29?,30-,34+,37-,41-,42-/m0/s1. The minimum absolute atomic E-state index is 0.0408. The van der Waals surface area contributed by atoms with Gasteiger partial charge in [0.1, 0.15) is 11.5 Å². The molecule has 2 aliphatic heterocycles. The second-order valence-corrected chi connectivity index (χ2v) is 16.3. The van der Waals surface area contributed by atoms with Gasteiger partial charge < -0.3 is 46.5 Å². The average molecular weight is 766 g/mol. The number of nitrogens with zero attached hydrogens (tertiary/aromatic N) is 2. The van der Waals surface area contributed by atoms with E-state index in [9.17, 15) is 14.4 Å². The van der Waals surface area contributed by atoms with Gasteiger partial charge in [0.05, 0.1) is 30.5 Å². The van der Waals surface area contributed by atoms with Crippen LogP contribution in [0.4, 0.5) is 0 Å². The molecule has 2 bridgehead atoms. The monoisotopic (exact) mass is 766 g/mol. The largest absolute Gasteiger partial charge is 0.493 e. The minimum Gasteiger partial charge on any atom is -0.493 e. The number of ketones is 1. The third-order valence-electron chi connectivity index (χ3n) is 13.2. The van der Waals surface area contributed by atoms with Crippen molar-refractivity contribution >= 4 is 23.6 Å². The number of carbonyl (C=O) groups is 3. The van der Waals surface area contributed by atoms with Crippen molar-refractivity contribution in [2.75, 3.05) is 47.9 Å². The molecule has 1 fully saturated rings. The Labute approximate surface area is 328 Å². The summed E-state index contributed by atoms with van der Waals surface area (Å²) in [5.41, 5.74) is 13.0. The van der Waals surface area contributed by atoms with Gasteiger partial charge in [0.2, 0.25) is 5.91 Å². The van der Waals surface area contributed by atoms with Crippen molar-refractivity contribution in [3.05, 3.63) is 35.1 Å². The number of methoxy groups -OCH3 is 1. The van der Waals surface area contributed by atoms with Crippen LogP contribution in [0.5, 0.6) is 11.5 Å². The molecule has 55 heavy (non-hydrogen) atoms. The van der Waals surface area contributed by atoms with Crippen LogP contribution in [0.1, 0.15) is 108 Å². The molecule has 306 valence electrons. The van der Waals surface area contributed by atoms with Gasteiger partial charge in [0.15, 0.2) is 23.6 Å². The van der Waals surface area contributed by atoms with E-state index in [4.69, 9.17) is 25.7 Å². The Hall–Kier alpha value is -3.68. The summed E-state index contributed by atoms with van der Waals surface area (Å²) >= 11 is 0. The summed E-state index contributed by atoms with van der Waals surface area (Å²) in [6.07, 6.45) is 12.5. The van der Waals surface area contributed by atoms with E-state index in [0.717, 1.165) is 82.3 Å². The number of likely N-dealkylation sites (tertiary alicyclic amines) is 1. The number of nitrogens with two attached hydrogens (primary N) is 2. The fraction of sp³-hybridized carbons (Fsp3) is 0.714. The Morgan fingerprint density at radius 1 is 1.04 bits per heavy atom. The van der Waals surface area contributed by atoms with Crippen molar-refractivity contribution in [1.29, 1.82) is 0 Å². The zero-order valence-electron chi connectivity index (χ0n) is 34.1. The van der Waals surface area contributed by atoms with Crippen LogP contribution in [0.25, 0.3) is 0 Å². The predicted octanol–water partition coefficient (Wildman–Crippen LogP) is 3.85. The Morgan fingerprint density at radius 3 is 2.47 bits per heavy atom. The van der Waals surface area contributed by atoms with E-state index in [-0.39, 0.29) is 58.6 Å². The van der Waals surface area contributed by atoms with Crippen molar-refractivity contribution in [2.24, 2.45) is 27.8 Å². The molecule has 13 nitrogen and oxygen atoms in total. The first kappa shape index (κ1) is 42.5. The number of esters is 1. The molecule has 7 atom stereocenters. The Morgan fingerprint density at radius 2 is 1.76 bits per heavy atom.